The average molecular weight is 461 g/mol. The minimum absolute atomic E-state index is 0.00663. The van der Waals surface area contributed by atoms with Gasteiger partial charge < -0.3 is 24.8 Å². The lowest BCUT2D eigenvalue weighted by Crippen LogP contribution is -2.32. The Morgan fingerprint density at radius 1 is 1.04 bits per heavy atom. The van der Waals surface area contributed by atoms with E-state index < -0.39 is 5.41 Å². The number of carbonyl (C=O) groups excluding carboxylic acids is 2. The molecule has 1 aliphatic rings. The number of ether oxygens (including phenoxy) is 2. The van der Waals surface area contributed by atoms with Crippen LogP contribution in [-0.2, 0) is 9.59 Å². The van der Waals surface area contributed by atoms with Crippen LogP contribution < -0.4 is 9.47 Å². The molecule has 2 rings (SSSR count). The van der Waals surface area contributed by atoms with Crippen molar-refractivity contribution in [2.24, 2.45) is 5.41 Å². The van der Waals surface area contributed by atoms with Crippen molar-refractivity contribution in [1.82, 2.24) is 0 Å². The zero-order valence-electron chi connectivity index (χ0n) is 16.5. The number of methoxy groups -OCH3 is 2. The first-order valence-electron chi connectivity index (χ1n) is 9.07. The van der Waals surface area contributed by atoms with E-state index >= 15 is 0 Å². The summed E-state index contributed by atoms with van der Waals surface area (Å²) in [7, 11) is 3.13. The van der Waals surface area contributed by atoms with Crippen LogP contribution in [0.4, 0.5) is 0 Å². The maximum Gasteiger partial charge on any atom is 0.174 e. The second-order valence-corrected chi connectivity index (χ2v) is 7.78. The topological polar surface area (TPSA) is 113 Å². The molecule has 7 nitrogen and oxygen atoms in total. The van der Waals surface area contributed by atoms with Crippen molar-refractivity contribution >= 4 is 27.5 Å². The number of aliphatic hydroxyl groups is 3. The van der Waals surface area contributed by atoms with Crippen LogP contribution in [0.2, 0.25) is 0 Å². The van der Waals surface area contributed by atoms with E-state index in [1.165, 1.54) is 0 Å². The van der Waals surface area contributed by atoms with Gasteiger partial charge in [0.15, 0.2) is 11.5 Å². The Balaban J connectivity index is 0.000000370. The van der Waals surface area contributed by atoms with E-state index in [0.29, 0.717) is 30.8 Å². The number of hydrogen-bond acceptors (Lipinski definition) is 7. The molecule has 0 amide bonds. The summed E-state index contributed by atoms with van der Waals surface area (Å²) in [5.41, 5.74) is 0.255. The van der Waals surface area contributed by atoms with Crippen molar-refractivity contribution in [3.8, 4) is 11.5 Å². The Bertz CT molecular complexity index is 637. The first kappa shape index (κ1) is 24.6. The van der Waals surface area contributed by atoms with Crippen LogP contribution in [0.5, 0.6) is 11.5 Å². The van der Waals surface area contributed by atoms with Gasteiger partial charge in [0, 0.05) is 18.3 Å². The lowest BCUT2D eigenvalue weighted by molar-refractivity contribution is -0.130. The van der Waals surface area contributed by atoms with Gasteiger partial charge >= 0.3 is 0 Å². The molecular weight excluding hydrogens is 432 g/mol. The molecule has 1 fully saturated rings. The highest BCUT2D eigenvalue weighted by Gasteiger charge is 2.28. The largest absolute Gasteiger partial charge is 0.493 e. The molecule has 0 unspecified atom stereocenters. The van der Waals surface area contributed by atoms with E-state index in [1.807, 2.05) is 19.1 Å². The molecule has 0 saturated heterocycles. The summed E-state index contributed by atoms with van der Waals surface area (Å²) in [6, 6.07) is 3.72. The van der Waals surface area contributed by atoms with Gasteiger partial charge in [0.2, 0.25) is 0 Å². The minimum atomic E-state index is -0.667. The Labute approximate surface area is 173 Å². The van der Waals surface area contributed by atoms with E-state index in [2.05, 4.69) is 15.9 Å². The van der Waals surface area contributed by atoms with Crippen molar-refractivity contribution in [2.75, 3.05) is 34.0 Å². The maximum atomic E-state index is 11.5. The summed E-state index contributed by atoms with van der Waals surface area (Å²) in [4.78, 5) is 23.1. The normalized spacial score (nSPS) is 15.1. The smallest absolute Gasteiger partial charge is 0.174 e. The van der Waals surface area contributed by atoms with Gasteiger partial charge in [-0.05, 0) is 46.0 Å². The molecule has 0 bridgehead atoms. The standard InChI is InChI=1S/C14H15BrO4.C6H14O3/c1-18-13-6-9(5-12(15)14(13)19-2)8-3-10(16)7-11(17)4-8;1-2-6(3-7,4-8)5-9/h5-6,8H,3-4,7H2,1-2H3;7-9H,2-5H2,1H3. The second kappa shape index (κ2) is 11.5. The van der Waals surface area contributed by atoms with Crippen molar-refractivity contribution < 1.29 is 34.4 Å². The molecule has 0 aliphatic heterocycles. The molecule has 28 heavy (non-hydrogen) atoms. The summed E-state index contributed by atoms with van der Waals surface area (Å²) in [6.07, 6.45) is 1.49. The molecular formula is C20H29BrO7. The van der Waals surface area contributed by atoms with Crippen LogP contribution in [-0.4, -0.2) is 60.9 Å². The Kier molecular flexibility index (Phi) is 10.1. The predicted octanol–water partition coefficient (Wildman–Crippen LogP) is 2.23. The van der Waals surface area contributed by atoms with Crippen LogP contribution in [0.25, 0.3) is 0 Å². The molecule has 0 atom stereocenters. The van der Waals surface area contributed by atoms with E-state index in [1.54, 1.807) is 14.2 Å². The molecule has 0 radical (unpaired) electrons. The quantitative estimate of drug-likeness (QED) is 0.534. The molecule has 158 valence electrons. The highest BCUT2D eigenvalue weighted by atomic mass is 79.9. The molecule has 1 aliphatic carbocycles. The summed E-state index contributed by atoms with van der Waals surface area (Å²) in [6.45, 7) is 1.35. The van der Waals surface area contributed by atoms with Crippen molar-refractivity contribution in [3.63, 3.8) is 0 Å². The Morgan fingerprint density at radius 3 is 1.93 bits per heavy atom. The van der Waals surface area contributed by atoms with Crippen LogP contribution >= 0.6 is 15.9 Å². The summed E-state index contributed by atoms with van der Waals surface area (Å²) >= 11 is 3.42. The van der Waals surface area contributed by atoms with Gasteiger partial charge in [0.05, 0.1) is 44.9 Å². The number of Topliss-reactive ketones (excluding diaryl/α,β-unsaturated/α-hetero) is 2. The average Bonchev–Trinajstić information content (AvgIpc) is 2.69. The fourth-order valence-corrected chi connectivity index (χ4v) is 3.50. The third kappa shape index (κ3) is 6.27. The molecule has 8 heteroatoms. The second-order valence-electron chi connectivity index (χ2n) is 6.93. The van der Waals surface area contributed by atoms with Gasteiger partial charge in [-0.25, -0.2) is 0 Å². The van der Waals surface area contributed by atoms with Crippen LogP contribution in [0.3, 0.4) is 0 Å². The summed E-state index contributed by atoms with van der Waals surface area (Å²) in [5.74, 6) is 1.15. The molecule has 0 aromatic heterocycles. The fraction of sp³-hybridized carbons (Fsp3) is 0.600. The number of hydrogen-bond donors (Lipinski definition) is 3. The van der Waals surface area contributed by atoms with Gasteiger partial charge in [-0.2, -0.15) is 0 Å². The van der Waals surface area contributed by atoms with Crippen LogP contribution in [0, 0.1) is 5.41 Å². The van der Waals surface area contributed by atoms with E-state index in [4.69, 9.17) is 24.8 Å². The molecule has 0 spiro atoms. The zero-order chi connectivity index (χ0) is 21.3. The van der Waals surface area contributed by atoms with Crippen molar-refractivity contribution in [1.29, 1.82) is 0 Å². The molecule has 3 N–H and O–H groups in total. The third-order valence-corrected chi connectivity index (χ3v) is 5.62. The SMILES string of the molecule is CCC(CO)(CO)CO.COc1cc(C2CC(=O)CC(=O)C2)cc(Br)c1OC. The van der Waals surface area contributed by atoms with Gasteiger partial charge in [0.25, 0.3) is 0 Å². The molecule has 1 aromatic carbocycles. The number of rotatable bonds is 7. The third-order valence-electron chi connectivity index (χ3n) is 5.03. The Morgan fingerprint density at radius 2 is 1.57 bits per heavy atom. The number of aliphatic hydroxyl groups excluding tert-OH is 3. The fourth-order valence-electron chi connectivity index (χ4n) is 2.88. The van der Waals surface area contributed by atoms with Crippen LogP contribution in [0.15, 0.2) is 16.6 Å². The van der Waals surface area contributed by atoms with Crippen molar-refractivity contribution in [3.05, 3.63) is 22.2 Å². The number of halogens is 1. The number of carbonyl (C=O) groups is 2. The first-order chi connectivity index (χ1) is 13.3. The molecule has 1 aromatic rings. The summed E-state index contributed by atoms with van der Waals surface area (Å²) in [5, 5.41) is 26.0. The predicted molar refractivity (Wildman–Crippen MR) is 108 cm³/mol. The maximum absolute atomic E-state index is 11.5. The number of benzene rings is 1. The highest BCUT2D eigenvalue weighted by Crippen LogP contribution is 2.40. The van der Waals surface area contributed by atoms with Gasteiger partial charge in [-0.1, -0.05) is 6.92 Å². The van der Waals surface area contributed by atoms with E-state index in [9.17, 15) is 9.59 Å². The van der Waals surface area contributed by atoms with Gasteiger partial charge in [0.1, 0.15) is 11.6 Å². The molecule has 0 heterocycles. The Hall–Kier alpha value is -1.48. The van der Waals surface area contributed by atoms with Crippen molar-refractivity contribution in [2.45, 2.75) is 38.5 Å². The van der Waals surface area contributed by atoms with E-state index in [0.717, 1.165) is 10.0 Å². The number of ketones is 2. The highest BCUT2D eigenvalue weighted by molar-refractivity contribution is 9.10. The first-order valence-corrected chi connectivity index (χ1v) is 9.86. The van der Waals surface area contributed by atoms with Gasteiger partial charge in [-0.3, -0.25) is 9.59 Å². The summed E-state index contributed by atoms with van der Waals surface area (Å²) < 4.78 is 11.3. The minimum Gasteiger partial charge on any atom is -0.493 e. The van der Waals surface area contributed by atoms with Crippen LogP contribution in [0.1, 0.15) is 44.1 Å². The zero-order valence-corrected chi connectivity index (χ0v) is 18.1. The van der Waals surface area contributed by atoms with Gasteiger partial charge in [-0.15, -0.1) is 0 Å². The lowest BCUT2D eigenvalue weighted by atomic mass is 9.82. The monoisotopic (exact) mass is 460 g/mol. The molecule has 1 saturated carbocycles. The lowest BCUT2D eigenvalue weighted by Gasteiger charge is -2.24. The van der Waals surface area contributed by atoms with E-state index in [-0.39, 0.29) is 43.7 Å².